The van der Waals surface area contributed by atoms with E-state index >= 15 is 0 Å². The Morgan fingerprint density at radius 2 is 0.941 bits per heavy atom. The molecule has 25 nitrogen and oxygen atoms in total. The minimum atomic E-state index is -2.15. The Balaban J connectivity index is 1.93. The summed E-state index contributed by atoms with van der Waals surface area (Å²) in [7, 11) is 2.10. The van der Waals surface area contributed by atoms with Gasteiger partial charge < -0.3 is 87.1 Å². The average Bonchev–Trinajstić information content (AvgIpc) is 3.09. The van der Waals surface area contributed by atoms with E-state index in [-0.39, 0.29) is 0 Å². The number of guanidine groups is 2. The number of hydrogen-bond donors (Lipinski definition) is 13. The third-order valence-corrected chi connectivity index (χ3v) is 8.23. The Morgan fingerprint density at radius 1 is 0.627 bits per heavy atom. The van der Waals surface area contributed by atoms with E-state index in [2.05, 4.69) is 9.98 Å². The van der Waals surface area contributed by atoms with Gasteiger partial charge in [-0.15, -0.1) is 0 Å². The smallest absolute Gasteiger partial charge is 0.361 e. The Kier molecular flexibility index (Phi) is 16.1. The maximum absolute atomic E-state index is 12.8. The maximum atomic E-state index is 12.8. The van der Waals surface area contributed by atoms with Gasteiger partial charge in [0.25, 0.3) is 0 Å². The summed E-state index contributed by atoms with van der Waals surface area (Å²) in [6.45, 7) is -5.01. The van der Waals surface area contributed by atoms with E-state index in [1.54, 1.807) is 0 Å². The predicted octanol–water partition coefficient (Wildman–Crippen LogP) is -10.6. The molecule has 2 fully saturated rings. The molecule has 25 heteroatoms. The van der Waals surface area contributed by atoms with E-state index in [4.69, 9.17) is 21.1 Å². The molecule has 0 spiro atoms. The number of rotatable bonds is 11. The van der Waals surface area contributed by atoms with Gasteiger partial charge in [-0.05, 0) is 0 Å². The molecule has 3 unspecified atom stereocenters. The van der Waals surface area contributed by atoms with E-state index in [1.165, 1.54) is 0 Å². The van der Waals surface area contributed by atoms with Gasteiger partial charge in [-0.1, -0.05) is 0 Å². The molecule has 292 valence electrons. The third kappa shape index (κ3) is 10.1. The van der Waals surface area contributed by atoms with Crippen LogP contribution in [0.2, 0.25) is 0 Å². The molecule has 15 N–H and O–H groups in total. The van der Waals surface area contributed by atoms with Crippen molar-refractivity contribution in [3.8, 4) is 0 Å². The van der Waals surface area contributed by atoms with Crippen molar-refractivity contribution in [2.24, 2.45) is 21.5 Å². The van der Waals surface area contributed by atoms with Gasteiger partial charge in [0.05, 0.1) is 57.0 Å². The fourth-order valence-corrected chi connectivity index (χ4v) is 5.37. The second kappa shape index (κ2) is 19.0. The number of carbonyl (C=O) groups excluding carboxylic acids is 4. The summed E-state index contributed by atoms with van der Waals surface area (Å²) in [6, 6.07) is -5.66. The summed E-state index contributed by atoms with van der Waals surface area (Å²) in [6.07, 6.45) is -13.8. The molecule has 2 heterocycles. The molecule has 0 aromatic rings. The van der Waals surface area contributed by atoms with Crippen LogP contribution >= 0.6 is 0 Å². The lowest BCUT2D eigenvalue weighted by Crippen LogP contribution is -2.69. The van der Waals surface area contributed by atoms with Gasteiger partial charge in [0.2, 0.25) is 23.7 Å². The average molecular weight is 743 g/mol. The van der Waals surface area contributed by atoms with Crippen molar-refractivity contribution in [3.63, 3.8) is 0 Å². The molecule has 0 bridgehead atoms. The fraction of sp³-hybridized carbons (Fsp3) is 0.769. The van der Waals surface area contributed by atoms with Gasteiger partial charge in [-0.2, -0.15) is 10.1 Å². The molecule has 11 atom stereocenters. The lowest BCUT2D eigenvalue weighted by Gasteiger charge is -2.48. The first-order chi connectivity index (χ1) is 23.9. The van der Waals surface area contributed by atoms with Crippen LogP contribution in [0.15, 0.2) is 9.98 Å². The highest BCUT2D eigenvalue weighted by atomic mass is 16.7. The third-order valence-electron chi connectivity index (χ3n) is 8.23. The molecule has 0 saturated carbocycles. The van der Waals surface area contributed by atoms with Crippen LogP contribution in [0.5, 0.6) is 0 Å². The maximum Gasteiger partial charge on any atom is 0.361 e. The van der Waals surface area contributed by atoms with E-state index < -0.39 is 149 Å². The van der Waals surface area contributed by atoms with Gasteiger partial charge in [-0.25, -0.2) is 19.6 Å². The van der Waals surface area contributed by atoms with E-state index in [0.717, 1.165) is 23.9 Å². The molecule has 2 aliphatic rings. The number of aliphatic hydroxyl groups is 11. The summed E-state index contributed by atoms with van der Waals surface area (Å²) >= 11 is 0. The van der Waals surface area contributed by atoms with Crippen molar-refractivity contribution in [2.75, 3.05) is 53.6 Å². The fourth-order valence-electron chi connectivity index (χ4n) is 5.37. The van der Waals surface area contributed by atoms with Gasteiger partial charge in [0.15, 0.2) is 6.10 Å². The minimum Gasteiger partial charge on any atom is -0.394 e. The topological polar surface area (TPSA) is 399 Å². The van der Waals surface area contributed by atoms with Crippen LogP contribution in [-0.4, -0.2) is 232 Å². The molecule has 2 amide bonds. The quantitative estimate of drug-likeness (QED) is 0.0531. The number of likely N-dealkylation sites (tertiary alicyclic amines) is 2. The number of nitrogens with two attached hydrogens (primary N) is 2. The first-order valence-corrected chi connectivity index (χ1v) is 15.2. The number of amides is 2. The van der Waals surface area contributed by atoms with Crippen molar-refractivity contribution >= 4 is 35.7 Å². The van der Waals surface area contributed by atoms with Crippen molar-refractivity contribution in [1.82, 2.24) is 19.9 Å². The van der Waals surface area contributed by atoms with Crippen molar-refractivity contribution < 1.29 is 85.0 Å². The van der Waals surface area contributed by atoms with E-state index in [0.29, 0.717) is 10.1 Å². The number of hydrogen-bond acceptors (Lipinski definition) is 19. The van der Waals surface area contributed by atoms with Crippen molar-refractivity contribution in [2.45, 2.75) is 73.3 Å². The monoisotopic (exact) mass is 742 g/mol. The molecule has 0 aliphatic carbocycles. The molecule has 51 heavy (non-hydrogen) atoms. The lowest BCUT2D eigenvalue weighted by molar-refractivity contribution is -0.187. The highest BCUT2D eigenvalue weighted by Crippen LogP contribution is 2.26. The van der Waals surface area contributed by atoms with Gasteiger partial charge in [0, 0.05) is 14.1 Å². The Morgan fingerprint density at radius 3 is 1.25 bits per heavy atom. The standard InChI is InChI=1S/C26H46N8O17/c1-31(25(27)29-4-15(40)33-10(6-35)18(43)22(47)19(44)11(33)7-36)50-17(42)3-14(39)24(49)51-32(2)26(28)30-5-16(41)34-12(8-37)20(45)23(48)21(46)13(34)9-38/h10-14,18-23,35-39,43-48H,3-9H2,1-2H3,(H2,27,29)(H2,28,30)/t10-,11-,12-,13-,14?,18-,19+,20-,21+,22?,23?/m1/s1. The Labute approximate surface area is 289 Å². The van der Waals surface area contributed by atoms with Crippen LogP contribution in [0.1, 0.15) is 6.42 Å². The summed E-state index contributed by atoms with van der Waals surface area (Å²) < 4.78 is 0. The zero-order valence-electron chi connectivity index (χ0n) is 27.5. The van der Waals surface area contributed by atoms with Gasteiger partial charge in [-0.3, -0.25) is 9.59 Å². The first-order valence-electron chi connectivity index (χ1n) is 15.2. The van der Waals surface area contributed by atoms with E-state index in [9.17, 15) is 75.3 Å². The van der Waals surface area contributed by atoms with Crippen LogP contribution in [0.4, 0.5) is 0 Å². The first kappa shape index (κ1) is 43.1. The number of hydroxylamine groups is 4. The molecule has 0 radical (unpaired) electrons. The van der Waals surface area contributed by atoms with Crippen LogP contribution in [-0.2, 0) is 28.9 Å². The summed E-state index contributed by atoms with van der Waals surface area (Å²) in [5, 5.41) is 110. The van der Waals surface area contributed by atoms with Crippen molar-refractivity contribution in [1.29, 1.82) is 0 Å². The minimum absolute atomic E-state index is 0.512. The molecular formula is C26H46N8O17. The normalized spacial score (nSPS) is 30.8. The summed E-state index contributed by atoms with van der Waals surface area (Å²) in [4.78, 5) is 68.8. The number of piperidine rings is 2. The predicted molar refractivity (Wildman–Crippen MR) is 165 cm³/mol. The number of carbonyl (C=O) groups is 4. The zero-order valence-corrected chi connectivity index (χ0v) is 27.5. The highest BCUT2D eigenvalue weighted by molar-refractivity contribution is 5.87. The summed E-state index contributed by atoms with van der Waals surface area (Å²) in [5.41, 5.74) is 11.4. The number of aliphatic hydroxyl groups excluding tert-OH is 11. The van der Waals surface area contributed by atoms with Gasteiger partial charge >= 0.3 is 11.9 Å². The SMILES string of the molecule is CN(OC(=O)CC(O)C(=O)ON(C)C(N)=NCC(=O)N1[C@H](CO)[C@H](O)C(O)[C@H](O)[C@H]1CO)C(N)=NCC(=O)N1[C@H](CO)[C@H](O)C(O)[C@H](O)[C@H]1CO. The molecule has 2 saturated heterocycles. The van der Waals surface area contributed by atoms with Gasteiger partial charge in [0.1, 0.15) is 49.7 Å². The summed E-state index contributed by atoms with van der Waals surface area (Å²) in [5.74, 6) is -5.84. The highest BCUT2D eigenvalue weighted by Gasteiger charge is 2.50. The van der Waals surface area contributed by atoms with Crippen LogP contribution in [0, 0.1) is 0 Å². The lowest BCUT2D eigenvalue weighted by atomic mass is 9.88. The zero-order chi connectivity index (χ0) is 38.9. The number of nitrogens with zero attached hydrogens (tertiary/aromatic N) is 6. The van der Waals surface area contributed by atoms with Crippen LogP contribution in [0.25, 0.3) is 0 Å². The molecule has 2 aliphatic heterocycles. The molecule has 0 aromatic heterocycles. The molecule has 0 aromatic carbocycles. The van der Waals surface area contributed by atoms with Crippen molar-refractivity contribution in [3.05, 3.63) is 0 Å². The molecule has 2 rings (SSSR count). The second-order valence-electron chi connectivity index (χ2n) is 11.5. The Bertz CT molecular complexity index is 1240. The Hall–Kier alpha value is -4.02. The van der Waals surface area contributed by atoms with Crippen LogP contribution < -0.4 is 11.5 Å². The molecular weight excluding hydrogens is 696 g/mol. The van der Waals surface area contributed by atoms with E-state index in [1.807, 2.05) is 0 Å². The number of aliphatic imine (C=N–C) groups is 2. The second-order valence-corrected chi connectivity index (χ2v) is 11.5. The largest absolute Gasteiger partial charge is 0.394 e. The van der Waals surface area contributed by atoms with Crippen LogP contribution in [0.3, 0.4) is 0 Å².